The summed E-state index contributed by atoms with van der Waals surface area (Å²) in [5.41, 5.74) is 1.38. The Morgan fingerprint density at radius 3 is 2.62 bits per heavy atom. The molecule has 0 atom stereocenters. The first-order valence-corrected chi connectivity index (χ1v) is 8.56. The van der Waals surface area contributed by atoms with Gasteiger partial charge in [-0.25, -0.2) is 0 Å². The number of anilines is 1. The van der Waals surface area contributed by atoms with Crippen LogP contribution in [0.5, 0.6) is 11.5 Å². The number of nitrogens with one attached hydrogen (secondary N) is 1. The minimum atomic E-state index is -0.203. The summed E-state index contributed by atoms with van der Waals surface area (Å²) in [4.78, 5) is 16.1. The van der Waals surface area contributed by atoms with Crippen LogP contribution in [0.1, 0.15) is 0 Å². The number of nitrogens with zero attached hydrogens (tertiary/aromatic N) is 3. The molecule has 1 amide bonds. The average molecular weight is 372 g/mol. The van der Waals surface area contributed by atoms with Crippen molar-refractivity contribution in [2.45, 2.75) is 5.22 Å². The SMILES string of the molecule is COc1ccc(NC(=O)CSc2nnc(-c3ccncc3)o2)cc1OC. The van der Waals surface area contributed by atoms with Gasteiger partial charge in [-0.05, 0) is 24.3 Å². The summed E-state index contributed by atoms with van der Waals surface area (Å²) in [6.45, 7) is 0. The van der Waals surface area contributed by atoms with Crippen LogP contribution in [0.2, 0.25) is 0 Å². The van der Waals surface area contributed by atoms with Crippen molar-refractivity contribution in [3.8, 4) is 23.0 Å². The predicted octanol–water partition coefficient (Wildman–Crippen LogP) is 2.88. The van der Waals surface area contributed by atoms with Crippen LogP contribution in [0, 0.1) is 0 Å². The third-order valence-corrected chi connectivity index (χ3v) is 4.15. The number of carbonyl (C=O) groups excluding carboxylic acids is 1. The molecule has 2 heterocycles. The molecule has 0 spiro atoms. The number of ether oxygens (including phenoxy) is 2. The molecule has 0 aliphatic heterocycles. The van der Waals surface area contributed by atoms with Crippen molar-refractivity contribution < 1.29 is 18.7 Å². The third-order valence-electron chi connectivity index (χ3n) is 3.33. The quantitative estimate of drug-likeness (QED) is 0.632. The number of aromatic nitrogens is 3. The second-order valence-electron chi connectivity index (χ2n) is 5.02. The number of pyridine rings is 1. The van der Waals surface area contributed by atoms with E-state index in [1.165, 1.54) is 7.11 Å². The Balaban J connectivity index is 1.57. The fourth-order valence-corrected chi connectivity index (χ4v) is 2.68. The Hall–Kier alpha value is -3.07. The van der Waals surface area contributed by atoms with Gasteiger partial charge in [0.05, 0.1) is 20.0 Å². The maximum Gasteiger partial charge on any atom is 0.277 e. The Morgan fingerprint density at radius 2 is 1.88 bits per heavy atom. The summed E-state index contributed by atoms with van der Waals surface area (Å²) in [5.74, 6) is 1.44. The molecule has 1 aromatic carbocycles. The van der Waals surface area contributed by atoms with Gasteiger partial charge in [0.2, 0.25) is 11.8 Å². The number of amides is 1. The highest BCUT2D eigenvalue weighted by atomic mass is 32.2. The van der Waals surface area contributed by atoms with Crippen LogP contribution in [-0.2, 0) is 4.79 Å². The summed E-state index contributed by atoms with van der Waals surface area (Å²) in [5, 5.41) is 11.0. The van der Waals surface area contributed by atoms with Crippen molar-refractivity contribution in [2.24, 2.45) is 0 Å². The number of methoxy groups -OCH3 is 2. The lowest BCUT2D eigenvalue weighted by Gasteiger charge is -2.10. The van der Waals surface area contributed by atoms with Crippen molar-refractivity contribution in [3.05, 3.63) is 42.7 Å². The molecule has 1 N–H and O–H groups in total. The van der Waals surface area contributed by atoms with Gasteiger partial charge in [0, 0.05) is 29.7 Å². The van der Waals surface area contributed by atoms with Gasteiger partial charge < -0.3 is 19.2 Å². The zero-order chi connectivity index (χ0) is 18.4. The molecule has 3 rings (SSSR count). The van der Waals surface area contributed by atoms with Crippen LogP contribution >= 0.6 is 11.8 Å². The molecule has 0 unspecified atom stereocenters. The molecule has 0 saturated carbocycles. The van der Waals surface area contributed by atoms with E-state index >= 15 is 0 Å². The Bertz CT molecular complexity index is 885. The van der Waals surface area contributed by atoms with E-state index in [0.717, 1.165) is 17.3 Å². The lowest BCUT2D eigenvalue weighted by Crippen LogP contribution is -2.14. The van der Waals surface area contributed by atoms with E-state index in [1.807, 2.05) is 0 Å². The Kier molecular flexibility index (Phi) is 5.69. The minimum Gasteiger partial charge on any atom is -0.493 e. The fourth-order valence-electron chi connectivity index (χ4n) is 2.12. The van der Waals surface area contributed by atoms with Gasteiger partial charge >= 0.3 is 0 Å². The number of hydrogen-bond acceptors (Lipinski definition) is 8. The van der Waals surface area contributed by atoms with E-state index in [0.29, 0.717) is 28.3 Å². The Labute approximate surface area is 153 Å². The zero-order valence-electron chi connectivity index (χ0n) is 14.1. The first-order chi connectivity index (χ1) is 12.7. The molecular formula is C17H16N4O4S. The topological polar surface area (TPSA) is 99.4 Å². The molecule has 0 fully saturated rings. The summed E-state index contributed by atoms with van der Waals surface area (Å²) < 4.78 is 15.9. The van der Waals surface area contributed by atoms with E-state index in [1.54, 1.807) is 49.8 Å². The molecular weight excluding hydrogens is 356 g/mol. The lowest BCUT2D eigenvalue weighted by molar-refractivity contribution is -0.113. The van der Waals surface area contributed by atoms with Gasteiger partial charge in [-0.2, -0.15) is 0 Å². The Morgan fingerprint density at radius 1 is 1.12 bits per heavy atom. The second-order valence-corrected chi connectivity index (χ2v) is 5.94. The predicted molar refractivity (Wildman–Crippen MR) is 96.4 cm³/mol. The normalized spacial score (nSPS) is 10.4. The maximum absolute atomic E-state index is 12.1. The molecule has 3 aromatic rings. The molecule has 8 nitrogen and oxygen atoms in total. The van der Waals surface area contributed by atoms with Gasteiger partial charge in [0.1, 0.15) is 0 Å². The average Bonchev–Trinajstić information content (AvgIpc) is 3.16. The molecule has 0 saturated heterocycles. The van der Waals surface area contributed by atoms with E-state index in [4.69, 9.17) is 13.9 Å². The van der Waals surface area contributed by atoms with Gasteiger partial charge in [0.25, 0.3) is 5.22 Å². The summed E-state index contributed by atoms with van der Waals surface area (Å²) >= 11 is 1.16. The summed E-state index contributed by atoms with van der Waals surface area (Å²) in [6.07, 6.45) is 3.28. The number of thioether (sulfide) groups is 1. The smallest absolute Gasteiger partial charge is 0.277 e. The first-order valence-electron chi connectivity index (χ1n) is 7.58. The molecule has 134 valence electrons. The van der Waals surface area contributed by atoms with Crippen LogP contribution in [0.4, 0.5) is 5.69 Å². The fraction of sp³-hybridized carbons (Fsp3) is 0.176. The van der Waals surface area contributed by atoms with Gasteiger partial charge in [-0.3, -0.25) is 9.78 Å². The van der Waals surface area contributed by atoms with Crippen LogP contribution < -0.4 is 14.8 Å². The van der Waals surface area contributed by atoms with Crippen molar-refractivity contribution in [2.75, 3.05) is 25.3 Å². The van der Waals surface area contributed by atoms with Crippen molar-refractivity contribution in [1.29, 1.82) is 0 Å². The summed E-state index contributed by atoms with van der Waals surface area (Å²) in [6, 6.07) is 8.69. The van der Waals surface area contributed by atoms with Crippen molar-refractivity contribution in [1.82, 2.24) is 15.2 Å². The summed E-state index contributed by atoms with van der Waals surface area (Å²) in [7, 11) is 3.09. The van der Waals surface area contributed by atoms with Gasteiger partial charge in [-0.1, -0.05) is 11.8 Å². The molecule has 9 heteroatoms. The largest absolute Gasteiger partial charge is 0.493 e. The molecule has 0 aliphatic rings. The maximum atomic E-state index is 12.1. The monoisotopic (exact) mass is 372 g/mol. The molecule has 26 heavy (non-hydrogen) atoms. The highest BCUT2D eigenvalue weighted by Gasteiger charge is 2.12. The minimum absolute atomic E-state index is 0.131. The molecule has 2 aromatic heterocycles. The lowest BCUT2D eigenvalue weighted by atomic mass is 10.2. The first kappa shape index (κ1) is 17.7. The number of carbonyl (C=O) groups is 1. The highest BCUT2D eigenvalue weighted by Crippen LogP contribution is 2.30. The third kappa shape index (κ3) is 4.31. The van der Waals surface area contributed by atoms with Crippen LogP contribution in [0.3, 0.4) is 0 Å². The van der Waals surface area contributed by atoms with Crippen LogP contribution in [0.15, 0.2) is 52.4 Å². The van der Waals surface area contributed by atoms with Gasteiger partial charge in [-0.15, -0.1) is 10.2 Å². The van der Waals surface area contributed by atoms with Crippen molar-refractivity contribution in [3.63, 3.8) is 0 Å². The van der Waals surface area contributed by atoms with Crippen LogP contribution in [0.25, 0.3) is 11.5 Å². The van der Waals surface area contributed by atoms with Crippen molar-refractivity contribution >= 4 is 23.4 Å². The number of hydrogen-bond donors (Lipinski definition) is 1. The molecule has 0 radical (unpaired) electrons. The molecule has 0 aliphatic carbocycles. The number of benzene rings is 1. The van der Waals surface area contributed by atoms with Gasteiger partial charge in [0.15, 0.2) is 11.5 Å². The van der Waals surface area contributed by atoms with E-state index < -0.39 is 0 Å². The molecule has 0 bridgehead atoms. The second kappa shape index (κ2) is 8.34. The standard InChI is InChI=1S/C17H16N4O4S/c1-23-13-4-3-12(9-14(13)24-2)19-15(22)10-26-17-21-20-16(25-17)11-5-7-18-8-6-11/h3-9H,10H2,1-2H3,(H,19,22). The van der Waals surface area contributed by atoms with E-state index in [2.05, 4.69) is 20.5 Å². The van der Waals surface area contributed by atoms with E-state index in [9.17, 15) is 4.79 Å². The zero-order valence-corrected chi connectivity index (χ0v) is 14.9. The highest BCUT2D eigenvalue weighted by molar-refractivity contribution is 7.99. The number of rotatable bonds is 7. The van der Waals surface area contributed by atoms with Crippen LogP contribution in [-0.4, -0.2) is 41.1 Å². The van der Waals surface area contributed by atoms with E-state index in [-0.39, 0.29) is 11.7 Å².